The molecule has 0 spiro atoms. The summed E-state index contributed by atoms with van der Waals surface area (Å²) in [6, 6.07) is 4.37. The van der Waals surface area contributed by atoms with Gasteiger partial charge in [0, 0.05) is 17.6 Å². The van der Waals surface area contributed by atoms with Crippen LogP contribution < -0.4 is 11.1 Å². The summed E-state index contributed by atoms with van der Waals surface area (Å²) in [6.45, 7) is 4.08. The molecule has 0 aliphatic rings. The van der Waals surface area contributed by atoms with Gasteiger partial charge in [-0.25, -0.2) is 4.39 Å². The number of nitrogens with two attached hydrogens (primary N) is 1. The van der Waals surface area contributed by atoms with Crippen molar-refractivity contribution in [2.24, 2.45) is 11.1 Å². The van der Waals surface area contributed by atoms with Crippen molar-refractivity contribution in [3.63, 3.8) is 0 Å². The predicted octanol–water partition coefficient (Wildman–Crippen LogP) is 2.61. The average molecular weight is 340 g/mol. The van der Waals surface area contributed by atoms with E-state index in [2.05, 4.69) is 21.2 Å². The lowest BCUT2D eigenvalue weighted by Gasteiger charge is -2.21. The zero-order chi connectivity index (χ0) is 13.1. The number of hydrogen-bond donors (Lipinski definition) is 2. The van der Waals surface area contributed by atoms with Crippen molar-refractivity contribution in [2.75, 3.05) is 6.54 Å². The summed E-state index contributed by atoms with van der Waals surface area (Å²) < 4.78 is 13.8. The maximum atomic E-state index is 13.0. The van der Waals surface area contributed by atoms with Crippen LogP contribution in [0.2, 0.25) is 0 Å². The molecule has 0 aliphatic carbocycles. The molecule has 0 aliphatic heterocycles. The van der Waals surface area contributed by atoms with Crippen LogP contribution in [0.25, 0.3) is 0 Å². The zero-order valence-corrected chi connectivity index (χ0v) is 12.7. The molecule has 1 aromatic carbocycles. The summed E-state index contributed by atoms with van der Waals surface area (Å²) in [7, 11) is 0. The Kier molecular flexibility index (Phi) is 6.81. The fourth-order valence-electron chi connectivity index (χ4n) is 1.19. The third kappa shape index (κ3) is 4.55. The molecule has 0 unspecified atom stereocenters. The highest BCUT2D eigenvalue weighted by Crippen LogP contribution is 2.18. The average Bonchev–Trinajstić information content (AvgIpc) is 2.29. The lowest BCUT2D eigenvalue weighted by molar-refractivity contribution is -0.129. The second-order valence-corrected chi connectivity index (χ2v) is 5.36. The number of nitrogens with one attached hydrogen (secondary N) is 1. The number of amides is 1. The molecule has 0 heterocycles. The lowest BCUT2D eigenvalue weighted by atomic mass is 9.92. The molecule has 3 N–H and O–H groups in total. The molecule has 0 radical (unpaired) electrons. The first-order valence-corrected chi connectivity index (χ1v) is 6.08. The highest BCUT2D eigenvalue weighted by Gasteiger charge is 2.25. The SMILES string of the molecule is CC(C)(CN)C(=O)NCc1cc(F)ccc1Br.Cl. The number of benzene rings is 1. The van der Waals surface area contributed by atoms with E-state index in [4.69, 9.17) is 5.73 Å². The number of halogens is 3. The molecule has 18 heavy (non-hydrogen) atoms. The van der Waals surface area contributed by atoms with Crippen molar-refractivity contribution < 1.29 is 9.18 Å². The van der Waals surface area contributed by atoms with Gasteiger partial charge in [-0.05, 0) is 37.6 Å². The summed E-state index contributed by atoms with van der Waals surface area (Å²) in [4.78, 5) is 11.8. The van der Waals surface area contributed by atoms with Crippen molar-refractivity contribution in [3.8, 4) is 0 Å². The molecular formula is C12H17BrClFN2O. The van der Waals surface area contributed by atoms with E-state index < -0.39 is 5.41 Å². The number of carbonyl (C=O) groups is 1. The maximum absolute atomic E-state index is 13.0. The van der Waals surface area contributed by atoms with Crippen LogP contribution in [-0.4, -0.2) is 12.5 Å². The van der Waals surface area contributed by atoms with E-state index in [1.54, 1.807) is 19.9 Å². The second kappa shape index (κ2) is 7.07. The first-order valence-electron chi connectivity index (χ1n) is 5.29. The third-order valence-electron chi connectivity index (χ3n) is 2.57. The molecule has 0 saturated heterocycles. The van der Waals surface area contributed by atoms with Gasteiger partial charge in [-0.2, -0.15) is 0 Å². The largest absolute Gasteiger partial charge is 0.351 e. The predicted molar refractivity (Wildman–Crippen MR) is 76.0 cm³/mol. The van der Waals surface area contributed by atoms with Crippen LogP contribution in [0.1, 0.15) is 19.4 Å². The van der Waals surface area contributed by atoms with Gasteiger partial charge in [-0.1, -0.05) is 15.9 Å². The standard InChI is InChI=1S/C12H16BrFN2O.ClH/c1-12(2,7-15)11(17)16-6-8-5-9(14)3-4-10(8)13;/h3-5H,6-7,15H2,1-2H3,(H,16,17);1H. The van der Waals surface area contributed by atoms with Crippen LogP contribution in [0.5, 0.6) is 0 Å². The van der Waals surface area contributed by atoms with Gasteiger partial charge < -0.3 is 11.1 Å². The Morgan fingerprint density at radius 1 is 1.50 bits per heavy atom. The molecule has 6 heteroatoms. The molecule has 3 nitrogen and oxygen atoms in total. The fraction of sp³-hybridized carbons (Fsp3) is 0.417. The molecular weight excluding hydrogens is 322 g/mol. The quantitative estimate of drug-likeness (QED) is 0.886. The molecule has 0 bridgehead atoms. The first-order chi connectivity index (χ1) is 7.86. The highest BCUT2D eigenvalue weighted by atomic mass is 79.9. The monoisotopic (exact) mass is 338 g/mol. The first kappa shape index (κ1) is 17.4. The number of hydrogen-bond acceptors (Lipinski definition) is 2. The van der Waals surface area contributed by atoms with Gasteiger partial charge in [0.15, 0.2) is 0 Å². The molecule has 0 atom stereocenters. The van der Waals surface area contributed by atoms with Crippen LogP contribution >= 0.6 is 28.3 Å². The normalized spacial score (nSPS) is 10.7. The Hall–Kier alpha value is -0.650. The summed E-state index contributed by atoms with van der Waals surface area (Å²) in [5.74, 6) is -0.466. The Labute approximate surface area is 121 Å². The van der Waals surface area contributed by atoms with Gasteiger partial charge >= 0.3 is 0 Å². The topological polar surface area (TPSA) is 55.1 Å². The summed E-state index contributed by atoms with van der Waals surface area (Å²) >= 11 is 3.31. The van der Waals surface area contributed by atoms with Crippen molar-refractivity contribution in [1.82, 2.24) is 5.32 Å². The lowest BCUT2D eigenvalue weighted by Crippen LogP contribution is -2.41. The summed E-state index contributed by atoms with van der Waals surface area (Å²) in [6.07, 6.45) is 0. The van der Waals surface area contributed by atoms with Crippen LogP contribution in [0.15, 0.2) is 22.7 Å². The molecule has 102 valence electrons. The molecule has 1 amide bonds. The minimum Gasteiger partial charge on any atom is -0.351 e. The molecule has 1 rings (SSSR count). The van der Waals surface area contributed by atoms with Crippen LogP contribution in [0.4, 0.5) is 4.39 Å². The van der Waals surface area contributed by atoms with E-state index in [9.17, 15) is 9.18 Å². The van der Waals surface area contributed by atoms with Gasteiger partial charge in [0.2, 0.25) is 5.91 Å². The zero-order valence-electron chi connectivity index (χ0n) is 10.3. The van der Waals surface area contributed by atoms with E-state index >= 15 is 0 Å². The maximum Gasteiger partial charge on any atom is 0.227 e. The van der Waals surface area contributed by atoms with E-state index in [-0.39, 0.29) is 37.2 Å². The van der Waals surface area contributed by atoms with E-state index in [1.165, 1.54) is 12.1 Å². The van der Waals surface area contributed by atoms with Crippen molar-refractivity contribution in [1.29, 1.82) is 0 Å². The number of rotatable bonds is 4. The second-order valence-electron chi connectivity index (χ2n) is 4.51. The van der Waals surface area contributed by atoms with Crippen LogP contribution in [0, 0.1) is 11.2 Å². The fourth-order valence-corrected chi connectivity index (χ4v) is 1.57. The molecule has 0 fully saturated rings. The van der Waals surface area contributed by atoms with Crippen molar-refractivity contribution in [2.45, 2.75) is 20.4 Å². The summed E-state index contributed by atoms with van der Waals surface area (Å²) in [5, 5.41) is 2.74. The summed E-state index contributed by atoms with van der Waals surface area (Å²) in [5.41, 5.74) is 5.59. The van der Waals surface area contributed by atoms with E-state index in [0.29, 0.717) is 5.56 Å². The van der Waals surface area contributed by atoms with Crippen molar-refractivity contribution >= 4 is 34.2 Å². The van der Waals surface area contributed by atoms with Gasteiger partial charge in [-0.15, -0.1) is 12.4 Å². The van der Waals surface area contributed by atoms with Gasteiger partial charge in [0.25, 0.3) is 0 Å². The van der Waals surface area contributed by atoms with Crippen LogP contribution in [-0.2, 0) is 11.3 Å². The van der Waals surface area contributed by atoms with Gasteiger partial charge in [-0.3, -0.25) is 4.79 Å². The Morgan fingerprint density at radius 2 is 2.11 bits per heavy atom. The molecule has 1 aromatic rings. The molecule has 0 aromatic heterocycles. The smallest absolute Gasteiger partial charge is 0.227 e. The van der Waals surface area contributed by atoms with Gasteiger partial charge in [0.1, 0.15) is 5.82 Å². The highest BCUT2D eigenvalue weighted by molar-refractivity contribution is 9.10. The minimum absolute atomic E-state index is 0. The van der Waals surface area contributed by atoms with Crippen molar-refractivity contribution in [3.05, 3.63) is 34.1 Å². The van der Waals surface area contributed by atoms with E-state index in [1.807, 2.05) is 0 Å². The molecule has 0 saturated carbocycles. The Bertz CT molecular complexity index is 427. The minimum atomic E-state index is -0.611. The van der Waals surface area contributed by atoms with Crippen LogP contribution in [0.3, 0.4) is 0 Å². The number of carbonyl (C=O) groups excluding carboxylic acids is 1. The third-order valence-corrected chi connectivity index (χ3v) is 3.35. The Morgan fingerprint density at radius 3 is 2.67 bits per heavy atom. The van der Waals surface area contributed by atoms with E-state index in [0.717, 1.165) is 4.47 Å². The van der Waals surface area contributed by atoms with Gasteiger partial charge in [0.05, 0.1) is 5.41 Å². The Balaban J connectivity index is 0.00000289.